The zero-order valence-corrected chi connectivity index (χ0v) is 18.9. The van der Waals surface area contributed by atoms with Gasteiger partial charge in [-0.05, 0) is 44.6 Å². The molecule has 1 aromatic carbocycles. The van der Waals surface area contributed by atoms with Gasteiger partial charge in [0.2, 0.25) is 0 Å². The van der Waals surface area contributed by atoms with Crippen molar-refractivity contribution in [2.24, 2.45) is 4.99 Å². The van der Waals surface area contributed by atoms with Crippen LogP contribution in [-0.2, 0) is 10.9 Å². The minimum absolute atomic E-state index is 0.0133. The van der Waals surface area contributed by atoms with E-state index in [4.69, 9.17) is 9.47 Å². The Labute approximate surface area is 185 Å². The molecule has 1 N–H and O–H groups in total. The van der Waals surface area contributed by atoms with E-state index in [1.54, 1.807) is 6.26 Å². The number of rotatable bonds is 5. The van der Waals surface area contributed by atoms with Crippen molar-refractivity contribution in [3.05, 3.63) is 23.3 Å². The first-order chi connectivity index (χ1) is 14.7. The van der Waals surface area contributed by atoms with E-state index < -0.39 is 17.6 Å². The van der Waals surface area contributed by atoms with E-state index in [9.17, 15) is 18.0 Å². The van der Waals surface area contributed by atoms with E-state index in [2.05, 4.69) is 17.2 Å². The van der Waals surface area contributed by atoms with Crippen LogP contribution < -0.4 is 10.1 Å². The van der Waals surface area contributed by atoms with E-state index in [1.165, 1.54) is 13.5 Å². The minimum atomic E-state index is -4.53. The van der Waals surface area contributed by atoms with Crippen LogP contribution in [0.25, 0.3) is 0 Å². The summed E-state index contributed by atoms with van der Waals surface area (Å²) in [6.45, 7) is 2.99. The fraction of sp³-hybridized carbons (Fsp3) is 0.636. The van der Waals surface area contributed by atoms with Gasteiger partial charge in [-0.15, -0.1) is 11.8 Å². The second-order valence-electron chi connectivity index (χ2n) is 8.32. The highest BCUT2D eigenvalue weighted by Gasteiger charge is 2.35. The molecule has 0 radical (unpaired) electrons. The number of carbonyl (C=O) groups is 1. The normalized spacial score (nSPS) is 23.0. The number of nitrogens with zero attached hydrogens (tertiary/aromatic N) is 1. The van der Waals surface area contributed by atoms with Gasteiger partial charge in [-0.3, -0.25) is 4.79 Å². The number of thioether (sulfide) groups is 1. The van der Waals surface area contributed by atoms with Gasteiger partial charge in [0, 0.05) is 17.0 Å². The SMILES string of the molecule is COc1cc(C(F)(F)F)cc(SC)c1C(=O)N=C1COCC[C@H]1NC1(C)CCCCC1. The molecule has 1 aliphatic carbocycles. The Morgan fingerprint density at radius 2 is 2.00 bits per heavy atom. The third kappa shape index (κ3) is 5.81. The van der Waals surface area contributed by atoms with Gasteiger partial charge in [0.1, 0.15) is 5.75 Å². The molecule has 31 heavy (non-hydrogen) atoms. The Hall–Kier alpha value is -1.58. The van der Waals surface area contributed by atoms with E-state index in [-0.39, 0.29) is 34.4 Å². The molecule has 1 aromatic rings. The lowest BCUT2D eigenvalue weighted by atomic mass is 9.82. The minimum Gasteiger partial charge on any atom is -0.496 e. The topological polar surface area (TPSA) is 59.9 Å². The molecule has 0 aromatic heterocycles. The van der Waals surface area contributed by atoms with Crippen LogP contribution in [0, 0.1) is 0 Å². The molecule has 3 rings (SSSR count). The van der Waals surface area contributed by atoms with Gasteiger partial charge in [-0.2, -0.15) is 13.2 Å². The molecule has 1 saturated heterocycles. The number of ether oxygens (including phenoxy) is 2. The number of benzene rings is 1. The molecule has 0 bridgehead atoms. The van der Waals surface area contributed by atoms with E-state index in [0.29, 0.717) is 18.7 Å². The molecule has 1 heterocycles. The number of halogens is 3. The Morgan fingerprint density at radius 3 is 2.61 bits per heavy atom. The van der Waals surface area contributed by atoms with Crippen LogP contribution in [0.1, 0.15) is 61.4 Å². The maximum absolute atomic E-state index is 13.2. The number of nitrogens with one attached hydrogen (secondary N) is 1. The molecule has 172 valence electrons. The van der Waals surface area contributed by atoms with Crippen molar-refractivity contribution in [1.29, 1.82) is 0 Å². The van der Waals surface area contributed by atoms with Crippen LogP contribution in [0.2, 0.25) is 0 Å². The summed E-state index contributed by atoms with van der Waals surface area (Å²) in [5.41, 5.74) is -0.245. The number of carbonyl (C=O) groups excluding carboxylic acids is 1. The molecule has 2 fully saturated rings. The van der Waals surface area contributed by atoms with E-state index in [1.807, 2.05) is 0 Å². The van der Waals surface area contributed by atoms with Gasteiger partial charge in [0.15, 0.2) is 0 Å². The average molecular weight is 459 g/mol. The molecular formula is C22H29F3N2O3S. The maximum atomic E-state index is 13.2. The highest BCUT2D eigenvalue weighted by molar-refractivity contribution is 7.98. The summed E-state index contributed by atoms with van der Waals surface area (Å²) in [5, 5.41) is 3.68. The van der Waals surface area contributed by atoms with E-state index in [0.717, 1.165) is 49.6 Å². The molecule has 5 nitrogen and oxygen atoms in total. The van der Waals surface area contributed by atoms with Crippen molar-refractivity contribution in [1.82, 2.24) is 5.32 Å². The van der Waals surface area contributed by atoms with Gasteiger partial charge < -0.3 is 14.8 Å². The third-order valence-corrected chi connectivity index (χ3v) is 6.74. The number of aliphatic imine (C=N–C) groups is 1. The highest BCUT2D eigenvalue weighted by Crippen LogP contribution is 2.38. The predicted molar refractivity (Wildman–Crippen MR) is 115 cm³/mol. The van der Waals surface area contributed by atoms with Gasteiger partial charge in [-0.25, -0.2) is 4.99 Å². The molecule has 0 unspecified atom stereocenters. The lowest BCUT2D eigenvalue weighted by Crippen LogP contribution is -2.54. The highest BCUT2D eigenvalue weighted by atomic mass is 32.2. The molecule has 1 aliphatic heterocycles. The largest absolute Gasteiger partial charge is 0.496 e. The van der Waals surface area contributed by atoms with Crippen molar-refractivity contribution < 1.29 is 27.4 Å². The lowest BCUT2D eigenvalue weighted by molar-refractivity contribution is -0.137. The predicted octanol–water partition coefficient (Wildman–Crippen LogP) is 5.12. The van der Waals surface area contributed by atoms with Crippen molar-refractivity contribution >= 4 is 23.4 Å². The number of amides is 1. The molecule has 1 saturated carbocycles. The van der Waals surface area contributed by atoms with Gasteiger partial charge in [0.05, 0.1) is 36.6 Å². The molecule has 0 spiro atoms. The van der Waals surface area contributed by atoms with Gasteiger partial charge in [-0.1, -0.05) is 19.3 Å². The van der Waals surface area contributed by atoms with Crippen molar-refractivity contribution in [3.63, 3.8) is 0 Å². The smallest absolute Gasteiger partial charge is 0.416 e. The Kier molecular flexibility index (Phi) is 7.70. The molecule has 9 heteroatoms. The first kappa shape index (κ1) is 24.1. The van der Waals surface area contributed by atoms with Crippen molar-refractivity contribution in [3.8, 4) is 5.75 Å². The zero-order valence-electron chi connectivity index (χ0n) is 18.1. The van der Waals surface area contributed by atoms with Crippen LogP contribution in [-0.4, -0.2) is 49.8 Å². The third-order valence-electron chi connectivity index (χ3n) is 5.98. The van der Waals surface area contributed by atoms with Crippen LogP contribution in [0.5, 0.6) is 5.75 Å². The molecule has 2 aliphatic rings. The zero-order chi connectivity index (χ0) is 22.6. The Bertz CT molecular complexity index is 811. The van der Waals surface area contributed by atoms with E-state index >= 15 is 0 Å². The number of alkyl halides is 3. The van der Waals surface area contributed by atoms with Crippen LogP contribution in [0.4, 0.5) is 13.2 Å². The first-order valence-corrected chi connectivity index (χ1v) is 11.7. The summed E-state index contributed by atoms with van der Waals surface area (Å²) in [5.74, 6) is -0.745. The fourth-order valence-electron chi connectivity index (χ4n) is 4.28. The summed E-state index contributed by atoms with van der Waals surface area (Å²) >= 11 is 1.06. The second kappa shape index (κ2) is 9.92. The van der Waals surface area contributed by atoms with Crippen LogP contribution in [0.15, 0.2) is 22.0 Å². The van der Waals surface area contributed by atoms with Crippen molar-refractivity contribution in [2.45, 2.75) is 68.1 Å². The summed E-state index contributed by atoms with van der Waals surface area (Å²) in [6, 6.07) is 1.72. The van der Waals surface area contributed by atoms with Gasteiger partial charge in [0.25, 0.3) is 5.91 Å². The standard InChI is InChI=1S/C22H29F3N2O3S/c1-21(8-5-4-6-9-21)27-15-7-10-30-13-16(15)26-20(28)19-17(29-2)11-14(22(23,24)25)12-18(19)31-3/h11-12,15,27H,4-10,13H2,1-3H3/t15-/m1/s1. The first-order valence-electron chi connectivity index (χ1n) is 10.5. The van der Waals surface area contributed by atoms with Crippen LogP contribution in [0.3, 0.4) is 0 Å². The number of hydrogen-bond donors (Lipinski definition) is 1. The fourth-order valence-corrected chi connectivity index (χ4v) is 4.92. The summed E-state index contributed by atoms with van der Waals surface area (Å²) in [7, 11) is 1.25. The molecular weight excluding hydrogens is 429 g/mol. The Morgan fingerprint density at radius 1 is 1.29 bits per heavy atom. The molecule has 1 amide bonds. The quantitative estimate of drug-likeness (QED) is 0.621. The van der Waals surface area contributed by atoms with Crippen LogP contribution >= 0.6 is 11.8 Å². The lowest BCUT2D eigenvalue weighted by Gasteiger charge is -2.39. The summed E-state index contributed by atoms with van der Waals surface area (Å²) < 4.78 is 50.4. The summed E-state index contributed by atoms with van der Waals surface area (Å²) in [6.07, 6.45) is 3.47. The summed E-state index contributed by atoms with van der Waals surface area (Å²) in [4.78, 5) is 17.6. The number of hydrogen-bond acceptors (Lipinski definition) is 5. The number of methoxy groups -OCH3 is 1. The maximum Gasteiger partial charge on any atom is 0.416 e. The second-order valence-corrected chi connectivity index (χ2v) is 9.17. The average Bonchev–Trinajstić information content (AvgIpc) is 2.73. The van der Waals surface area contributed by atoms with Crippen molar-refractivity contribution in [2.75, 3.05) is 26.6 Å². The Balaban J connectivity index is 1.91. The van der Waals surface area contributed by atoms with Gasteiger partial charge >= 0.3 is 6.18 Å². The monoisotopic (exact) mass is 458 g/mol. The molecule has 1 atom stereocenters.